The number of anilines is 2. The molecule has 1 unspecified atom stereocenters. The second-order valence-electron chi connectivity index (χ2n) is 7.05. The van der Waals surface area contributed by atoms with Crippen LogP contribution in [0.3, 0.4) is 0 Å². The van der Waals surface area contributed by atoms with Crippen molar-refractivity contribution in [1.29, 1.82) is 0 Å². The summed E-state index contributed by atoms with van der Waals surface area (Å²) in [6.45, 7) is 0.166. The maximum absolute atomic E-state index is 12.9. The fourth-order valence-corrected chi connectivity index (χ4v) is 3.55. The van der Waals surface area contributed by atoms with Crippen molar-refractivity contribution < 1.29 is 33.3 Å². The molecule has 3 rings (SSSR count). The average Bonchev–Trinajstić information content (AvgIpc) is 3.19. The van der Waals surface area contributed by atoms with Gasteiger partial charge in [-0.25, -0.2) is 0 Å². The van der Waals surface area contributed by atoms with Crippen molar-refractivity contribution in [3.05, 3.63) is 35.9 Å². The van der Waals surface area contributed by atoms with Crippen molar-refractivity contribution in [2.75, 3.05) is 45.2 Å². The fraction of sp³-hybridized carbons (Fsp3) is 0.318. The minimum absolute atomic E-state index is 0.0133. The summed E-state index contributed by atoms with van der Waals surface area (Å²) in [6.07, 6.45) is 0.0133. The number of amides is 3. The normalized spacial score (nSPS) is 15.3. The average molecular weight is 443 g/mol. The number of rotatable bonds is 8. The number of methoxy groups -OCH3 is 4. The van der Waals surface area contributed by atoms with E-state index in [-0.39, 0.29) is 30.1 Å². The number of primary amides is 1. The smallest absolute Gasteiger partial charge is 0.250 e. The second kappa shape index (κ2) is 9.46. The van der Waals surface area contributed by atoms with Crippen molar-refractivity contribution in [3.63, 3.8) is 0 Å². The van der Waals surface area contributed by atoms with Gasteiger partial charge in [-0.2, -0.15) is 0 Å². The van der Waals surface area contributed by atoms with Gasteiger partial charge in [0.1, 0.15) is 0 Å². The van der Waals surface area contributed by atoms with Gasteiger partial charge in [0, 0.05) is 30.8 Å². The van der Waals surface area contributed by atoms with Gasteiger partial charge in [-0.15, -0.1) is 0 Å². The Bertz CT molecular complexity index is 1050. The molecule has 0 aliphatic carbocycles. The van der Waals surface area contributed by atoms with Crippen LogP contribution in [0.1, 0.15) is 16.8 Å². The molecule has 3 N–H and O–H groups in total. The quantitative estimate of drug-likeness (QED) is 0.636. The predicted octanol–water partition coefficient (Wildman–Crippen LogP) is 1.81. The van der Waals surface area contributed by atoms with Crippen LogP contribution in [0.15, 0.2) is 30.3 Å². The maximum atomic E-state index is 12.9. The van der Waals surface area contributed by atoms with Gasteiger partial charge in [0.05, 0.1) is 45.6 Å². The first-order valence-corrected chi connectivity index (χ1v) is 9.72. The Kier molecular flexibility index (Phi) is 6.72. The third kappa shape index (κ3) is 4.39. The number of nitrogens with zero attached hydrogens (tertiary/aromatic N) is 1. The number of hydrogen-bond donors (Lipinski definition) is 2. The molecule has 32 heavy (non-hydrogen) atoms. The number of ether oxygens (including phenoxy) is 4. The van der Waals surface area contributed by atoms with E-state index < -0.39 is 17.7 Å². The largest absolute Gasteiger partial charge is 0.493 e. The molecule has 170 valence electrons. The van der Waals surface area contributed by atoms with Crippen molar-refractivity contribution in [1.82, 2.24) is 0 Å². The Labute approximate surface area is 185 Å². The highest BCUT2D eigenvalue weighted by Crippen LogP contribution is 2.36. The molecule has 1 saturated heterocycles. The summed E-state index contributed by atoms with van der Waals surface area (Å²) in [5.74, 6) is -0.375. The molecule has 1 aliphatic rings. The van der Waals surface area contributed by atoms with Crippen LogP contribution in [0.4, 0.5) is 11.4 Å². The Morgan fingerprint density at radius 2 is 1.53 bits per heavy atom. The molecule has 2 aromatic carbocycles. The first-order valence-electron chi connectivity index (χ1n) is 9.72. The lowest BCUT2D eigenvalue weighted by atomic mass is 10.1. The second-order valence-corrected chi connectivity index (χ2v) is 7.05. The summed E-state index contributed by atoms with van der Waals surface area (Å²) in [5, 5.41) is 2.69. The molecular weight excluding hydrogens is 418 g/mol. The fourth-order valence-electron chi connectivity index (χ4n) is 3.55. The van der Waals surface area contributed by atoms with Gasteiger partial charge >= 0.3 is 0 Å². The molecule has 10 nitrogen and oxygen atoms in total. The van der Waals surface area contributed by atoms with Crippen LogP contribution in [-0.2, 0) is 9.59 Å². The van der Waals surface area contributed by atoms with Gasteiger partial charge in [0.25, 0.3) is 5.91 Å². The predicted molar refractivity (Wildman–Crippen MR) is 117 cm³/mol. The van der Waals surface area contributed by atoms with Gasteiger partial charge < -0.3 is 34.9 Å². The number of nitrogens with one attached hydrogen (secondary N) is 1. The van der Waals surface area contributed by atoms with Crippen LogP contribution in [0.5, 0.6) is 23.0 Å². The number of carbonyl (C=O) groups excluding carboxylic acids is 3. The Hall–Kier alpha value is -3.95. The molecule has 1 fully saturated rings. The summed E-state index contributed by atoms with van der Waals surface area (Å²) >= 11 is 0. The SMILES string of the molecule is COc1ccc(N2CC(C(=O)Nc3cc(OC)c(OC)cc3C(N)=O)CC2=O)cc1OC. The van der Waals surface area contributed by atoms with E-state index >= 15 is 0 Å². The highest BCUT2D eigenvalue weighted by atomic mass is 16.5. The Morgan fingerprint density at radius 1 is 0.938 bits per heavy atom. The zero-order valence-corrected chi connectivity index (χ0v) is 18.3. The standard InChI is InChI=1S/C22H25N3O7/c1-29-16-6-5-13(8-17(16)30-2)25-11-12(7-20(25)26)22(28)24-15-10-19(32-4)18(31-3)9-14(15)21(23)27/h5-6,8-10,12H,7,11H2,1-4H3,(H2,23,27)(H,24,28). The molecule has 1 aliphatic heterocycles. The van der Waals surface area contributed by atoms with Crippen molar-refractivity contribution in [2.24, 2.45) is 11.7 Å². The Balaban J connectivity index is 1.82. The summed E-state index contributed by atoms with van der Waals surface area (Å²) in [5.41, 5.74) is 6.29. The van der Waals surface area contributed by atoms with Gasteiger partial charge in [-0.1, -0.05) is 0 Å². The van der Waals surface area contributed by atoms with E-state index in [1.165, 1.54) is 45.5 Å². The molecule has 0 bridgehead atoms. The summed E-state index contributed by atoms with van der Waals surface area (Å²) in [7, 11) is 5.88. The van der Waals surface area contributed by atoms with E-state index in [0.29, 0.717) is 28.7 Å². The molecule has 10 heteroatoms. The van der Waals surface area contributed by atoms with Crippen LogP contribution < -0.4 is 34.9 Å². The summed E-state index contributed by atoms with van der Waals surface area (Å²) in [6, 6.07) is 7.94. The summed E-state index contributed by atoms with van der Waals surface area (Å²) < 4.78 is 20.9. The van der Waals surface area contributed by atoms with Crippen molar-refractivity contribution >= 4 is 29.1 Å². The third-order valence-electron chi connectivity index (χ3n) is 5.22. The Morgan fingerprint density at radius 3 is 2.12 bits per heavy atom. The van der Waals surface area contributed by atoms with Gasteiger partial charge in [0.2, 0.25) is 11.8 Å². The molecule has 1 heterocycles. The van der Waals surface area contributed by atoms with Gasteiger partial charge in [0.15, 0.2) is 23.0 Å². The van der Waals surface area contributed by atoms with Crippen molar-refractivity contribution in [2.45, 2.75) is 6.42 Å². The number of hydrogen-bond acceptors (Lipinski definition) is 7. The zero-order valence-electron chi connectivity index (χ0n) is 18.3. The lowest BCUT2D eigenvalue weighted by molar-refractivity contribution is -0.122. The number of benzene rings is 2. The highest BCUT2D eigenvalue weighted by molar-refractivity contribution is 6.07. The minimum Gasteiger partial charge on any atom is -0.493 e. The molecular formula is C22H25N3O7. The maximum Gasteiger partial charge on any atom is 0.250 e. The number of nitrogens with two attached hydrogens (primary N) is 1. The first kappa shape index (κ1) is 22.7. The molecule has 0 spiro atoms. The van der Waals surface area contributed by atoms with Crippen LogP contribution in [0.2, 0.25) is 0 Å². The van der Waals surface area contributed by atoms with E-state index in [0.717, 1.165) is 0 Å². The van der Waals surface area contributed by atoms with Crippen LogP contribution in [-0.4, -0.2) is 52.7 Å². The molecule has 3 amide bonds. The molecule has 0 saturated carbocycles. The molecule has 0 radical (unpaired) electrons. The lowest BCUT2D eigenvalue weighted by Crippen LogP contribution is -2.29. The van der Waals surface area contributed by atoms with E-state index in [2.05, 4.69) is 5.32 Å². The summed E-state index contributed by atoms with van der Waals surface area (Å²) in [4.78, 5) is 38.9. The molecule has 1 atom stereocenters. The molecule has 0 aromatic heterocycles. The van der Waals surface area contributed by atoms with Crippen LogP contribution in [0.25, 0.3) is 0 Å². The monoisotopic (exact) mass is 443 g/mol. The van der Waals surface area contributed by atoms with E-state index in [4.69, 9.17) is 24.7 Å². The van der Waals surface area contributed by atoms with E-state index in [9.17, 15) is 14.4 Å². The molecule has 2 aromatic rings. The number of carbonyl (C=O) groups is 3. The highest BCUT2D eigenvalue weighted by Gasteiger charge is 2.36. The van der Waals surface area contributed by atoms with Gasteiger partial charge in [-0.3, -0.25) is 14.4 Å². The van der Waals surface area contributed by atoms with Crippen LogP contribution in [0, 0.1) is 5.92 Å². The third-order valence-corrected chi connectivity index (χ3v) is 5.22. The van der Waals surface area contributed by atoms with Crippen LogP contribution >= 0.6 is 0 Å². The van der Waals surface area contributed by atoms with Crippen molar-refractivity contribution in [3.8, 4) is 23.0 Å². The minimum atomic E-state index is -0.740. The zero-order chi connectivity index (χ0) is 23.4. The van der Waals surface area contributed by atoms with Gasteiger partial charge in [-0.05, 0) is 18.2 Å². The lowest BCUT2D eigenvalue weighted by Gasteiger charge is -2.19. The van der Waals surface area contributed by atoms with E-state index in [1.807, 2.05) is 0 Å². The first-order chi connectivity index (χ1) is 15.3. The van der Waals surface area contributed by atoms with E-state index in [1.54, 1.807) is 18.2 Å². The topological polar surface area (TPSA) is 129 Å².